The molecule has 1 amide bonds. The van der Waals surface area contributed by atoms with Gasteiger partial charge in [-0.25, -0.2) is 0 Å². The minimum atomic E-state index is -0.579. The van der Waals surface area contributed by atoms with Crippen LogP contribution < -0.4 is 14.8 Å². The van der Waals surface area contributed by atoms with E-state index in [-0.39, 0.29) is 23.0 Å². The van der Waals surface area contributed by atoms with Gasteiger partial charge in [0.2, 0.25) is 0 Å². The Hall–Kier alpha value is -3.12. The summed E-state index contributed by atoms with van der Waals surface area (Å²) in [6.07, 6.45) is 6.58. The molecule has 0 aliphatic rings. The van der Waals surface area contributed by atoms with Crippen molar-refractivity contribution in [3.63, 3.8) is 0 Å². The molecule has 0 saturated heterocycles. The molecule has 1 N–H and O–H groups in total. The van der Waals surface area contributed by atoms with E-state index in [1.807, 2.05) is 13.0 Å². The first-order valence-electron chi connectivity index (χ1n) is 8.02. The van der Waals surface area contributed by atoms with Gasteiger partial charge in [-0.2, -0.15) is 5.26 Å². The fraction of sp³-hybridized carbons (Fsp3) is 0.143. The highest BCUT2D eigenvalue weighted by atomic mass is 35.5. The zero-order valence-corrected chi connectivity index (χ0v) is 16.7. The van der Waals surface area contributed by atoms with E-state index in [9.17, 15) is 10.1 Å². The molecule has 0 spiro atoms. The van der Waals surface area contributed by atoms with Gasteiger partial charge >= 0.3 is 0 Å². The Kier molecular flexibility index (Phi) is 7.35. The van der Waals surface area contributed by atoms with Crippen LogP contribution in [0.1, 0.15) is 11.1 Å². The standard InChI is InChI=1S/C21H16Cl2N2O3/c1-4-7-28-20-18(23)9-14(10-19(20)27-3)8-15(12-24)21(26)25-16-6-5-13(2)17(22)11-16/h1,5-6,8-11H,7H2,2-3H3,(H,25,26)/b15-8-. The average molecular weight is 415 g/mol. The summed E-state index contributed by atoms with van der Waals surface area (Å²) in [4.78, 5) is 12.4. The fourth-order valence-electron chi connectivity index (χ4n) is 2.26. The van der Waals surface area contributed by atoms with Crippen LogP contribution in [0, 0.1) is 30.6 Å². The first-order chi connectivity index (χ1) is 13.4. The Labute approximate surface area is 173 Å². The van der Waals surface area contributed by atoms with Crippen LogP contribution in [0.15, 0.2) is 35.9 Å². The van der Waals surface area contributed by atoms with Crippen LogP contribution in [0.5, 0.6) is 11.5 Å². The lowest BCUT2D eigenvalue weighted by Crippen LogP contribution is -2.13. The zero-order chi connectivity index (χ0) is 20.7. The SMILES string of the molecule is C#CCOc1c(Cl)cc(/C=C(/C#N)C(=O)Nc2ccc(C)c(Cl)c2)cc1OC. The van der Waals surface area contributed by atoms with Gasteiger partial charge in [-0.1, -0.05) is 35.2 Å². The topological polar surface area (TPSA) is 71.3 Å². The molecule has 28 heavy (non-hydrogen) atoms. The zero-order valence-electron chi connectivity index (χ0n) is 15.2. The second-order valence-electron chi connectivity index (χ2n) is 5.61. The van der Waals surface area contributed by atoms with E-state index >= 15 is 0 Å². The minimum Gasteiger partial charge on any atom is -0.493 e. The van der Waals surface area contributed by atoms with Gasteiger partial charge in [-0.05, 0) is 48.4 Å². The molecule has 0 unspecified atom stereocenters. The maximum atomic E-state index is 12.4. The quantitative estimate of drug-likeness (QED) is 0.415. The Balaban J connectivity index is 2.31. The Morgan fingerprint density at radius 2 is 2.04 bits per heavy atom. The summed E-state index contributed by atoms with van der Waals surface area (Å²) in [7, 11) is 1.45. The number of nitriles is 1. The number of amides is 1. The highest BCUT2D eigenvalue weighted by molar-refractivity contribution is 6.32. The number of hydrogen-bond donors (Lipinski definition) is 1. The summed E-state index contributed by atoms with van der Waals surface area (Å²) in [6, 6.07) is 10.1. The van der Waals surface area contributed by atoms with Crippen LogP contribution in [-0.4, -0.2) is 19.6 Å². The second-order valence-corrected chi connectivity index (χ2v) is 6.43. The Morgan fingerprint density at radius 1 is 1.29 bits per heavy atom. The number of terminal acetylenes is 1. The van der Waals surface area contributed by atoms with Crippen molar-refractivity contribution in [3.8, 4) is 29.9 Å². The average Bonchev–Trinajstić information content (AvgIpc) is 2.67. The first kappa shape index (κ1) is 21.2. The number of rotatable bonds is 6. The molecule has 0 heterocycles. The first-order valence-corrected chi connectivity index (χ1v) is 8.78. The van der Waals surface area contributed by atoms with E-state index in [0.717, 1.165) is 5.56 Å². The molecule has 2 aromatic rings. The fourth-order valence-corrected chi connectivity index (χ4v) is 2.72. The maximum absolute atomic E-state index is 12.4. The number of carbonyl (C=O) groups is 1. The van der Waals surface area contributed by atoms with Gasteiger partial charge in [0.25, 0.3) is 5.91 Å². The number of hydrogen-bond acceptors (Lipinski definition) is 4. The van der Waals surface area contributed by atoms with Crippen molar-refractivity contribution in [1.29, 1.82) is 5.26 Å². The van der Waals surface area contributed by atoms with Crippen LogP contribution in [0.4, 0.5) is 5.69 Å². The molecule has 142 valence electrons. The largest absolute Gasteiger partial charge is 0.493 e. The van der Waals surface area contributed by atoms with E-state index in [2.05, 4.69) is 11.2 Å². The molecule has 0 aliphatic heterocycles. The molecule has 0 saturated carbocycles. The van der Waals surface area contributed by atoms with Gasteiger partial charge in [0.15, 0.2) is 11.5 Å². The molecule has 0 aromatic heterocycles. The minimum absolute atomic E-state index is 0.0240. The van der Waals surface area contributed by atoms with Gasteiger partial charge in [0.05, 0.1) is 12.1 Å². The highest BCUT2D eigenvalue weighted by Gasteiger charge is 2.14. The lowest BCUT2D eigenvalue weighted by Gasteiger charge is -2.12. The molecule has 0 bridgehead atoms. The van der Waals surface area contributed by atoms with Crippen molar-refractivity contribution >= 4 is 40.9 Å². The Bertz CT molecular complexity index is 1020. The van der Waals surface area contributed by atoms with E-state index in [0.29, 0.717) is 22.0 Å². The number of halogens is 2. The van der Waals surface area contributed by atoms with Crippen molar-refractivity contribution in [1.82, 2.24) is 0 Å². The van der Waals surface area contributed by atoms with E-state index in [1.54, 1.807) is 30.3 Å². The van der Waals surface area contributed by atoms with Crippen LogP contribution >= 0.6 is 23.2 Å². The number of anilines is 1. The monoisotopic (exact) mass is 414 g/mol. The lowest BCUT2D eigenvalue weighted by molar-refractivity contribution is -0.112. The normalized spacial score (nSPS) is 10.6. The van der Waals surface area contributed by atoms with Crippen molar-refractivity contribution in [2.75, 3.05) is 19.0 Å². The van der Waals surface area contributed by atoms with Crippen LogP contribution in [-0.2, 0) is 4.79 Å². The summed E-state index contributed by atoms with van der Waals surface area (Å²) in [5, 5.41) is 12.8. The van der Waals surface area contributed by atoms with E-state index < -0.39 is 5.91 Å². The summed E-state index contributed by atoms with van der Waals surface area (Å²) >= 11 is 12.3. The van der Waals surface area contributed by atoms with Gasteiger partial charge in [0.1, 0.15) is 18.2 Å². The molecule has 7 heteroatoms. The van der Waals surface area contributed by atoms with Crippen LogP contribution in [0.25, 0.3) is 6.08 Å². The van der Waals surface area contributed by atoms with Crippen molar-refractivity contribution in [3.05, 3.63) is 57.1 Å². The van der Waals surface area contributed by atoms with Gasteiger partial charge < -0.3 is 14.8 Å². The van der Waals surface area contributed by atoms with E-state index in [4.69, 9.17) is 39.1 Å². The summed E-state index contributed by atoms with van der Waals surface area (Å²) in [5.41, 5.74) is 1.73. The van der Waals surface area contributed by atoms with E-state index in [1.165, 1.54) is 13.2 Å². The molecule has 5 nitrogen and oxygen atoms in total. The molecule has 2 aromatic carbocycles. The Morgan fingerprint density at radius 3 is 2.64 bits per heavy atom. The van der Waals surface area contributed by atoms with Gasteiger partial charge in [0, 0.05) is 10.7 Å². The van der Waals surface area contributed by atoms with Crippen molar-refractivity contribution < 1.29 is 14.3 Å². The number of methoxy groups -OCH3 is 1. The predicted octanol–water partition coefficient (Wildman–Crippen LogP) is 4.87. The smallest absolute Gasteiger partial charge is 0.266 e. The predicted molar refractivity (Wildman–Crippen MR) is 111 cm³/mol. The number of benzene rings is 2. The number of ether oxygens (including phenoxy) is 2. The number of aryl methyl sites for hydroxylation is 1. The van der Waals surface area contributed by atoms with Gasteiger partial charge in [-0.3, -0.25) is 4.79 Å². The summed E-state index contributed by atoms with van der Waals surface area (Å²) < 4.78 is 10.6. The highest BCUT2D eigenvalue weighted by Crippen LogP contribution is 2.37. The number of carbonyl (C=O) groups excluding carboxylic acids is 1. The number of nitrogens with one attached hydrogen (secondary N) is 1. The van der Waals surface area contributed by atoms with Crippen LogP contribution in [0.2, 0.25) is 10.0 Å². The molecule has 2 rings (SSSR count). The van der Waals surface area contributed by atoms with Gasteiger partial charge in [-0.15, -0.1) is 6.42 Å². The van der Waals surface area contributed by atoms with Crippen LogP contribution in [0.3, 0.4) is 0 Å². The third-order valence-electron chi connectivity index (χ3n) is 3.66. The maximum Gasteiger partial charge on any atom is 0.266 e. The summed E-state index contributed by atoms with van der Waals surface area (Å²) in [6.45, 7) is 1.87. The molecular weight excluding hydrogens is 399 g/mol. The van der Waals surface area contributed by atoms with Crippen molar-refractivity contribution in [2.45, 2.75) is 6.92 Å². The number of nitrogens with zero attached hydrogens (tertiary/aromatic N) is 1. The molecular formula is C21H16Cl2N2O3. The third-order valence-corrected chi connectivity index (χ3v) is 4.35. The third kappa shape index (κ3) is 5.20. The second kappa shape index (κ2) is 9.71. The molecule has 0 atom stereocenters. The summed E-state index contributed by atoms with van der Waals surface area (Å²) in [5.74, 6) is 2.38. The molecule has 0 aliphatic carbocycles. The lowest BCUT2D eigenvalue weighted by atomic mass is 10.1. The van der Waals surface area contributed by atoms with Crippen molar-refractivity contribution in [2.24, 2.45) is 0 Å². The molecule has 0 fully saturated rings. The molecule has 0 radical (unpaired) electrons.